The number of rotatable bonds is 4. The Labute approximate surface area is 57.5 Å². The quantitative estimate of drug-likeness (QED) is 0.453. The van der Waals surface area contributed by atoms with E-state index in [1.165, 1.54) is 0 Å². The van der Waals surface area contributed by atoms with E-state index in [4.69, 9.17) is 10.2 Å². The van der Waals surface area contributed by atoms with Crippen molar-refractivity contribution in [3.8, 4) is 0 Å². The summed E-state index contributed by atoms with van der Waals surface area (Å²) < 4.78 is 0. The van der Waals surface area contributed by atoms with Crippen molar-refractivity contribution in [3.63, 3.8) is 0 Å². The first-order valence-electron chi connectivity index (χ1n) is 2.81. The minimum absolute atomic E-state index is 0.0880. The van der Waals surface area contributed by atoms with Gasteiger partial charge in [0.1, 0.15) is 0 Å². The molecule has 0 heterocycles. The van der Waals surface area contributed by atoms with E-state index in [-0.39, 0.29) is 12.8 Å². The molecular weight excluding hydrogens is 138 g/mol. The Morgan fingerprint density at radius 1 is 1.40 bits per heavy atom. The molecule has 10 heavy (non-hydrogen) atoms. The summed E-state index contributed by atoms with van der Waals surface area (Å²) in [7, 11) is 0. The van der Waals surface area contributed by atoms with Crippen LogP contribution in [-0.2, 0) is 9.59 Å². The minimum Gasteiger partial charge on any atom is -0.481 e. The fourth-order valence-electron chi connectivity index (χ4n) is 0.421. The Bertz CT molecular complexity index is 145. The minimum atomic E-state index is -1.05. The van der Waals surface area contributed by atoms with E-state index in [1.807, 2.05) is 0 Å². The topological polar surface area (TPSA) is 102 Å². The van der Waals surface area contributed by atoms with Crippen LogP contribution in [0.2, 0.25) is 0 Å². The van der Waals surface area contributed by atoms with Gasteiger partial charge in [-0.3, -0.25) is 4.79 Å². The van der Waals surface area contributed by atoms with Crippen molar-refractivity contribution in [2.75, 3.05) is 0 Å². The van der Waals surface area contributed by atoms with Crippen LogP contribution in [0.1, 0.15) is 12.8 Å². The standard InChI is InChI=1S/C5H9NO4/c6-3(5(9)10)1-2-4(7)8/h3H,1-2,6H2,(H,7,8)(H,9,10)/p+1/t3-/m1/s1. The number of hydrogen-bond acceptors (Lipinski definition) is 2. The highest BCUT2D eigenvalue weighted by molar-refractivity contribution is 5.73. The van der Waals surface area contributed by atoms with Crippen molar-refractivity contribution < 1.29 is 25.5 Å². The average Bonchev–Trinajstić information content (AvgIpc) is 1.82. The number of quaternary nitrogens is 1. The van der Waals surface area contributed by atoms with Gasteiger partial charge < -0.3 is 15.9 Å². The molecule has 0 spiro atoms. The predicted molar refractivity (Wildman–Crippen MR) is 31.2 cm³/mol. The van der Waals surface area contributed by atoms with Gasteiger partial charge in [-0.05, 0) is 0 Å². The van der Waals surface area contributed by atoms with E-state index in [9.17, 15) is 9.59 Å². The zero-order chi connectivity index (χ0) is 8.15. The van der Waals surface area contributed by atoms with Gasteiger partial charge in [-0.25, -0.2) is 4.79 Å². The summed E-state index contributed by atoms with van der Waals surface area (Å²) in [5.74, 6) is -2.05. The zero-order valence-electron chi connectivity index (χ0n) is 5.41. The van der Waals surface area contributed by atoms with E-state index < -0.39 is 18.0 Å². The van der Waals surface area contributed by atoms with Gasteiger partial charge >= 0.3 is 11.9 Å². The third-order valence-electron chi connectivity index (χ3n) is 1.06. The molecule has 0 rings (SSSR count). The summed E-state index contributed by atoms with van der Waals surface area (Å²) in [4.78, 5) is 20.0. The normalized spacial score (nSPS) is 12.5. The average molecular weight is 148 g/mol. The molecule has 0 aromatic heterocycles. The highest BCUT2D eigenvalue weighted by Crippen LogP contribution is 1.91. The lowest BCUT2D eigenvalue weighted by atomic mass is 10.2. The Kier molecular flexibility index (Phi) is 3.42. The molecule has 0 bridgehead atoms. The van der Waals surface area contributed by atoms with Gasteiger partial charge in [-0.1, -0.05) is 0 Å². The Morgan fingerprint density at radius 3 is 2.20 bits per heavy atom. The van der Waals surface area contributed by atoms with Crippen LogP contribution in [0, 0.1) is 0 Å². The van der Waals surface area contributed by atoms with Crippen LogP contribution < -0.4 is 5.73 Å². The summed E-state index contributed by atoms with van der Waals surface area (Å²) in [6.07, 6.45) is -0.0505. The summed E-state index contributed by atoms with van der Waals surface area (Å²) in [5.41, 5.74) is 3.25. The first-order valence-corrected chi connectivity index (χ1v) is 2.81. The Hall–Kier alpha value is -1.10. The van der Waals surface area contributed by atoms with E-state index in [2.05, 4.69) is 5.73 Å². The summed E-state index contributed by atoms with van der Waals surface area (Å²) in [5, 5.41) is 16.4. The van der Waals surface area contributed by atoms with Crippen LogP contribution in [0.4, 0.5) is 0 Å². The lowest BCUT2D eigenvalue weighted by Gasteiger charge is -1.98. The molecule has 0 aromatic rings. The molecule has 1 atom stereocenters. The van der Waals surface area contributed by atoms with Crippen molar-refractivity contribution in [1.29, 1.82) is 0 Å². The molecule has 0 saturated carbocycles. The maximum atomic E-state index is 10.1. The highest BCUT2D eigenvalue weighted by atomic mass is 16.4. The van der Waals surface area contributed by atoms with E-state index in [1.54, 1.807) is 0 Å². The second kappa shape index (κ2) is 3.84. The molecule has 5 N–H and O–H groups in total. The van der Waals surface area contributed by atoms with Gasteiger partial charge in [0.15, 0.2) is 6.04 Å². The molecule has 0 saturated heterocycles. The number of aliphatic carboxylic acids is 2. The molecule has 0 aromatic carbocycles. The molecule has 0 fully saturated rings. The van der Waals surface area contributed by atoms with Crippen LogP contribution in [0.5, 0.6) is 0 Å². The molecule has 5 heteroatoms. The van der Waals surface area contributed by atoms with Gasteiger partial charge in [0.2, 0.25) is 0 Å². The van der Waals surface area contributed by atoms with Crippen molar-refractivity contribution in [1.82, 2.24) is 0 Å². The zero-order valence-corrected chi connectivity index (χ0v) is 5.41. The van der Waals surface area contributed by atoms with Crippen LogP contribution in [0.15, 0.2) is 0 Å². The fourth-order valence-corrected chi connectivity index (χ4v) is 0.421. The Morgan fingerprint density at radius 2 is 1.90 bits per heavy atom. The molecule has 0 radical (unpaired) electrons. The summed E-state index contributed by atoms with van der Waals surface area (Å²) in [6, 6.07) is -0.809. The van der Waals surface area contributed by atoms with Gasteiger partial charge in [0.25, 0.3) is 0 Å². The number of carbonyl (C=O) groups is 2. The number of hydrogen-bond donors (Lipinski definition) is 3. The van der Waals surface area contributed by atoms with E-state index in [0.29, 0.717) is 0 Å². The Balaban J connectivity index is 3.49. The molecule has 0 amide bonds. The van der Waals surface area contributed by atoms with Crippen LogP contribution >= 0.6 is 0 Å². The van der Waals surface area contributed by atoms with Crippen molar-refractivity contribution in [2.24, 2.45) is 0 Å². The maximum Gasteiger partial charge on any atom is 0.362 e. The molecule has 0 aliphatic carbocycles. The molecule has 0 aliphatic rings. The van der Waals surface area contributed by atoms with Gasteiger partial charge in [0.05, 0.1) is 6.42 Å². The van der Waals surface area contributed by atoms with E-state index >= 15 is 0 Å². The smallest absolute Gasteiger partial charge is 0.362 e. The first kappa shape index (κ1) is 8.90. The highest BCUT2D eigenvalue weighted by Gasteiger charge is 2.16. The van der Waals surface area contributed by atoms with Gasteiger partial charge in [0, 0.05) is 6.42 Å². The lowest BCUT2D eigenvalue weighted by molar-refractivity contribution is -0.408. The largest absolute Gasteiger partial charge is 0.481 e. The predicted octanol–water partition coefficient (Wildman–Crippen LogP) is -1.45. The molecular formula is C5H10NO4+. The third kappa shape index (κ3) is 3.85. The molecule has 0 unspecified atom stereocenters. The maximum absolute atomic E-state index is 10.1. The third-order valence-corrected chi connectivity index (χ3v) is 1.06. The van der Waals surface area contributed by atoms with Crippen molar-refractivity contribution >= 4 is 11.9 Å². The van der Waals surface area contributed by atoms with Crippen molar-refractivity contribution in [3.05, 3.63) is 0 Å². The number of carboxylic acids is 2. The summed E-state index contributed by atoms with van der Waals surface area (Å²) in [6.45, 7) is 0. The molecule has 5 nitrogen and oxygen atoms in total. The van der Waals surface area contributed by atoms with Gasteiger partial charge in [-0.2, -0.15) is 0 Å². The molecule has 58 valence electrons. The number of carboxylic acid groups (broad SMARTS) is 2. The van der Waals surface area contributed by atoms with Crippen molar-refractivity contribution in [2.45, 2.75) is 18.9 Å². The van der Waals surface area contributed by atoms with Crippen LogP contribution in [-0.4, -0.2) is 28.2 Å². The molecule has 0 aliphatic heterocycles. The summed E-state index contributed by atoms with van der Waals surface area (Å²) >= 11 is 0. The monoisotopic (exact) mass is 148 g/mol. The second-order valence-electron chi connectivity index (χ2n) is 1.97. The van der Waals surface area contributed by atoms with E-state index in [0.717, 1.165) is 0 Å². The SMILES string of the molecule is [NH3+][C@H](CCC(=O)O)C(=O)O. The van der Waals surface area contributed by atoms with Crippen LogP contribution in [0.25, 0.3) is 0 Å². The lowest BCUT2D eigenvalue weighted by Crippen LogP contribution is -2.64. The first-order chi connectivity index (χ1) is 4.54. The van der Waals surface area contributed by atoms with Gasteiger partial charge in [-0.15, -0.1) is 0 Å². The second-order valence-corrected chi connectivity index (χ2v) is 1.97. The van der Waals surface area contributed by atoms with Crippen LogP contribution in [0.3, 0.4) is 0 Å². The fraction of sp³-hybridized carbons (Fsp3) is 0.600.